The molecule has 0 amide bonds. The van der Waals surface area contributed by atoms with Crippen LogP contribution in [0.25, 0.3) is 0 Å². The number of rotatable bonds is 2. The first-order chi connectivity index (χ1) is 7.13. The molecule has 0 radical (unpaired) electrons. The maximum atomic E-state index is 3.44. The lowest BCUT2D eigenvalue weighted by molar-refractivity contribution is 0.244. The molecule has 0 fully saturated rings. The summed E-state index contributed by atoms with van der Waals surface area (Å²) in [5.74, 6) is 0.761. The predicted octanol–water partition coefficient (Wildman–Crippen LogP) is 2.79. The Kier molecular flexibility index (Phi) is 2.83. The molecule has 2 rings (SSSR count). The first-order valence-electron chi connectivity index (χ1n) is 5.89. The van der Waals surface area contributed by atoms with Crippen molar-refractivity contribution in [3.8, 4) is 0 Å². The van der Waals surface area contributed by atoms with E-state index in [0.717, 1.165) is 5.92 Å². The third-order valence-corrected chi connectivity index (χ3v) is 4.01. The SMILES string of the molecule is CNC(C)(C)C1CCc2ccccc2C1. The smallest absolute Gasteiger partial charge is 0.0153 e. The summed E-state index contributed by atoms with van der Waals surface area (Å²) in [6.07, 6.45) is 3.78. The van der Waals surface area contributed by atoms with Crippen LogP contribution < -0.4 is 5.32 Å². The Morgan fingerprint density at radius 1 is 1.20 bits per heavy atom. The van der Waals surface area contributed by atoms with E-state index in [1.807, 2.05) is 0 Å². The maximum Gasteiger partial charge on any atom is 0.0153 e. The fourth-order valence-corrected chi connectivity index (χ4v) is 2.52. The van der Waals surface area contributed by atoms with Gasteiger partial charge in [-0.1, -0.05) is 24.3 Å². The van der Waals surface area contributed by atoms with Crippen LogP contribution in [0.1, 0.15) is 31.4 Å². The van der Waals surface area contributed by atoms with E-state index in [0.29, 0.717) is 0 Å². The molecule has 15 heavy (non-hydrogen) atoms. The Hall–Kier alpha value is -0.820. The highest BCUT2D eigenvalue weighted by Crippen LogP contribution is 2.31. The number of nitrogens with one attached hydrogen (secondary N) is 1. The average Bonchev–Trinajstić information content (AvgIpc) is 2.28. The van der Waals surface area contributed by atoms with Gasteiger partial charge in [-0.05, 0) is 57.2 Å². The number of aryl methyl sites for hydroxylation is 1. The molecule has 0 spiro atoms. The Bertz CT molecular complexity index is 341. The van der Waals surface area contributed by atoms with Crippen LogP contribution in [0.3, 0.4) is 0 Å². The van der Waals surface area contributed by atoms with Crippen LogP contribution in [-0.2, 0) is 12.8 Å². The van der Waals surface area contributed by atoms with Gasteiger partial charge in [-0.15, -0.1) is 0 Å². The van der Waals surface area contributed by atoms with E-state index in [1.54, 1.807) is 11.1 Å². The second-order valence-electron chi connectivity index (χ2n) is 5.18. The number of hydrogen-bond acceptors (Lipinski definition) is 1. The molecule has 1 aromatic rings. The molecule has 82 valence electrons. The van der Waals surface area contributed by atoms with Crippen molar-refractivity contribution in [3.05, 3.63) is 35.4 Å². The van der Waals surface area contributed by atoms with E-state index in [-0.39, 0.29) is 5.54 Å². The van der Waals surface area contributed by atoms with Crippen LogP contribution in [0.2, 0.25) is 0 Å². The van der Waals surface area contributed by atoms with Crippen molar-refractivity contribution < 1.29 is 0 Å². The molecule has 0 saturated heterocycles. The van der Waals surface area contributed by atoms with Crippen LogP contribution in [0.4, 0.5) is 0 Å². The summed E-state index contributed by atoms with van der Waals surface area (Å²) >= 11 is 0. The lowest BCUT2D eigenvalue weighted by Crippen LogP contribution is -2.46. The minimum Gasteiger partial charge on any atom is -0.315 e. The molecule has 1 nitrogen and oxygen atoms in total. The quantitative estimate of drug-likeness (QED) is 0.779. The van der Waals surface area contributed by atoms with Crippen molar-refractivity contribution in [1.82, 2.24) is 5.32 Å². The van der Waals surface area contributed by atoms with Crippen molar-refractivity contribution in [2.75, 3.05) is 7.05 Å². The van der Waals surface area contributed by atoms with Gasteiger partial charge in [0.25, 0.3) is 0 Å². The molecule has 0 heterocycles. The molecular weight excluding hydrogens is 182 g/mol. The summed E-state index contributed by atoms with van der Waals surface area (Å²) in [7, 11) is 2.07. The third-order valence-electron chi connectivity index (χ3n) is 4.01. The number of hydrogen-bond donors (Lipinski definition) is 1. The van der Waals surface area contributed by atoms with E-state index in [9.17, 15) is 0 Å². The molecule has 0 bridgehead atoms. The largest absolute Gasteiger partial charge is 0.315 e. The average molecular weight is 203 g/mol. The molecule has 0 aliphatic heterocycles. The van der Waals surface area contributed by atoms with Gasteiger partial charge in [0.2, 0.25) is 0 Å². The van der Waals surface area contributed by atoms with E-state index in [4.69, 9.17) is 0 Å². The van der Waals surface area contributed by atoms with Gasteiger partial charge in [-0.2, -0.15) is 0 Å². The summed E-state index contributed by atoms with van der Waals surface area (Å²) in [5.41, 5.74) is 3.37. The van der Waals surface area contributed by atoms with Gasteiger partial charge in [0.1, 0.15) is 0 Å². The van der Waals surface area contributed by atoms with E-state index >= 15 is 0 Å². The molecule has 1 aliphatic rings. The summed E-state index contributed by atoms with van der Waals surface area (Å²) < 4.78 is 0. The van der Waals surface area contributed by atoms with Gasteiger partial charge in [0.05, 0.1) is 0 Å². The van der Waals surface area contributed by atoms with E-state index in [1.165, 1.54) is 19.3 Å². The first kappa shape index (κ1) is 10.7. The molecule has 1 unspecified atom stereocenters. The second-order valence-corrected chi connectivity index (χ2v) is 5.18. The first-order valence-corrected chi connectivity index (χ1v) is 5.89. The van der Waals surface area contributed by atoms with Gasteiger partial charge in [0.15, 0.2) is 0 Å². The van der Waals surface area contributed by atoms with Crippen LogP contribution in [-0.4, -0.2) is 12.6 Å². The Morgan fingerprint density at radius 3 is 2.53 bits per heavy atom. The molecule has 1 N–H and O–H groups in total. The summed E-state index contributed by atoms with van der Waals surface area (Å²) in [5, 5.41) is 3.44. The van der Waals surface area contributed by atoms with Gasteiger partial charge in [-0.25, -0.2) is 0 Å². The monoisotopic (exact) mass is 203 g/mol. The zero-order chi connectivity index (χ0) is 10.9. The Morgan fingerprint density at radius 2 is 1.87 bits per heavy atom. The minimum atomic E-state index is 0.257. The molecule has 1 aromatic carbocycles. The van der Waals surface area contributed by atoms with Gasteiger partial charge < -0.3 is 5.32 Å². The van der Waals surface area contributed by atoms with Crippen molar-refractivity contribution in [2.45, 2.75) is 38.6 Å². The van der Waals surface area contributed by atoms with Crippen LogP contribution >= 0.6 is 0 Å². The number of benzene rings is 1. The fraction of sp³-hybridized carbons (Fsp3) is 0.571. The van der Waals surface area contributed by atoms with Crippen molar-refractivity contribution in [3.63, 3.8) is 0 Å². The van der Waals surface area contributed by atoms with Crippen LogP contribution in [0, 0.1) is 5.92 Å². The predicted molar refractivity (Wildman–Crippen MR) is 65.1 cm³/mol. The van der Waals surface area contributed by atoms with Gasteiger partial charge in [0, 0.05) is 5.54 Å². The normalized spacial score (nSPS) is 21.1. The Labute approximate surface area is 92.9 Å². The Balaban J connectivity index is 2.19. The van der Waals surface area contributed by atoms with Gasteiger partial charge >= 0.3 is 0 Å². The number of fused-ring (bicyclic) bond motifs is 1. The van der Waals surface area contributed by atoms with Crippen LogP contribution in [0.5, 0.6) is 0 Å². The fourth-order valence-electron chi connectivity index (χ4n) is 2.52. The molecule has 0 saturated carbocycles. The molecule has 1 aliphatic carbocycles. The highest BCUT2D eigenvalue weighted by molar-refractivity contribution is 5.30. The third kappa shape index (κ3) is 2.07. The zero-order valence-electron chi connectivity index (χ0n) is 10.0. The summed E-state index contributed by atoms with van der Waals surface area (Å²) in [4.78, 5) is 0. The van der Waals surface area contributed by atoms with Crippen molar-refractivity contribution in [2.24, 2.45) is 5.92 Å². The standard InChI is InChI=1S/C14H21N/c1-14(2,15-3)13-9-8-11-6-4-5-7-12(11)10-13/h4-7,13,15H,8-10H2,1-3H3. The molecule has 0 aromatic heterocycles. The molecule has 1 atom stereocenters. The lowest BCUT2D eigenvalue weighted by atomic mass is 9.74. The van der Waals surface area contributed by atoms with E-state index < -0.39 is 0 Å². The zero-order valence-corrected chi connectivity index (χ0v) is 10.0. The van der Waals surface area contributed by atoms with Crippen molar-refractivity contribution in [1.29, 1.82) is 0 Å². The topological polar surface area (TPSA) is 12.0 Å². The minimum absolute atomic E-state index is 0.257. The highest BCUT2D eigenvalue weighted by Gasteiger charge is 2.30. The van der Waals surface area contributed by atoms with Crippen LogP contribution in [0.15, 0.2) is 24.3 Å². The second kappa shape index (κ2) is 3.97. The summed E-state index contributed by atoms with van der Waals surface area (Å²) in [6, 6.07) is 8.88. The molecular formula is C14H21N. The van der Waals surface area contributed by atoms with Crippen molar-refractivity contribution >= 4 is 0 Å². The highest BCUT2D eigenvalue weighted by atomic mass is 14.9. The lowest BCUT2D eigenvalue weighted by Gasteiger charge is -2.37. The maximum absolute atomic E-state index is 3.44. The van der Waals surface area contributed by atoms with E-state index in [2.05, 4.69) is 50.5 Å². The molecule has 1 heteroatoms. The summed E-state index contributed by atoms with van der Waals surface area (Å²) in [6.45, 7) is 4.62. The van der Waals surface area contributed by atoms with Gasteiger partial charge in [-0.3, -0.25) is 0 Å².